The first kappa shape index (κ1) is 26.4. The minimum absolute atomic E-state index is 0.0719. The number of rotatable bonds is 19. The van der Waals surface area contributed by atoms with Gasteiger partial charge in [-0.3, -0.25) is 9.59 Å². The summed E-state index contributed by atoms with van der Waals surface area (Å²) in [7, 11) is 0. The van der Waals surface area contributed by atoms with Crippen LogP contribution in [0.4, 0.5) is 0 Å². The van der Waals surface area contributed by atoms with Crippen molar-refractivity contribution in [3.8, 4) is 0 Å². The summed E-state index contributed by atoms with van der Waals surface area (Å²) in [6, 6.07) is -0.836. The minimum Gasteiger partial charge on any atom is -0.480 e. The van der Waals surface area contributed by atoms with Gasteiger partial charge in [-0.1, -0.05) is 65.2 Å². The second kappa shape index (κ2) is 18.8. The van der Waals surface area contributed by atoms with Gasteiger partial charge in [0.1, 0.15) is 6.04 Å². The molecule has 0 spiro atoms. The number of carbonyl (C=O) groups is 3. The molecular weight excluding hydrogens is 356 g/mol. The van der Waals surface area contributed by atoms with Crippen LogP contribution in [0.15, 0.2) is 0 Å². The van der Waals surface area contributed by atoms with Gasteiger partial charge in [-0.05, 0) is 32.1 Å². The van der Waals surface area contributed by atoms with Crippen LogP contribution in [0, 0.1) is 0 Å². The minimum atomic E-state index is -0.990. The van der Waals surface area contributed by atoms with Crippen molar-refractivity contribution < 1.29 is 19.5 Å². The SMILES string of the molecule is CCCCCCCC(=O)NCCCC[C@H](NC(=O)CCCCCCC)C(=O)O. The fourth-order valence-electron chi connectivity index (χ4n) is 3.09. The highest BCUT2D eigenvalue weighted by atomic mass is 16.4. The lowest BCUT2D eigenvalue weighted by molar-refractivity contribution is -0.142. The van der Waals surface area contributed by atoms with Crippen molar-refractivity contribution in [2.75, 3.05) is 6.54 Å². The van der Waals surface area contributed by atoms with E-state index in [1.165, 1.54) is 25.7 Å². The summed E-state index contributed by atoms with van der Waals surface area (Å²) in [5.74, 6) is -1.10. The molecule has 0 radical (unpaired) electrons. The van der Waals surface area contributed by atoms with Crippen LogP contribution < -0.4 is 10.6 Å². The van der Waals surface area contributed by atoms with Crippen LogP contribution in [-0.4, -0.2) is 35.5 Å². The lowest BCUT2D eigenvalue weighted by Crippen LogP contribution is -2.40. The Kier molecular flexibility index (Phi) is 17.7. The molecule has 0 rings (SSSR count). The van der Waals surface area contributed by atoms with Gasteiger partial charge in [0.2, 0.25) is 11.8 Å². The monoisotopic (exact) mass is 398 g/mol. The van der Waals surface area contributed by atoms with E-state index in [0.29, 0.717) is 32.2 Å². The van der Waals surface area contributed by atoms with Crippen LogP contribution in [-0.2, 0) is 14.4 Å². The van der Waals surface area contributed by atoms with Crippen molar-refractivity contribution in [1.82, 2.24) is 10.6 Å². The molecule has 0 saturated carbocycles. The zero-order valence-electron chi connectivity index (χ0n) is 18.1. The fraction of sp³-hybridized carbons (Fsp3) is 0.864. The van der Waals surface area contributed by atoms with Crippen molar-refractivity contribution in [3.05, 3.63) is 0 Å². The van der Waals surface area contributed by atoms with E-state index in [1.54, 1.807) is 0 Å². The molecule has 0 unspecified atom stereocenters. The van der Waals surface area contributed by atoms with Gasteiger partial charge < -0.3 is 15.7 Å². The van der Waals surface area contributed by atoms with E-state index in [0.717, 1.165) is 44.9 Å². The zero-order chi connectivity index (χ0) is 21.0. The normalized spacial score (nSPS) is 11.8. The number of amides is 2. The number of nitrogens with one attached hydrogen (secondary N) is 2. The number of aliphatic carboxylic acids is 1. The van der Waals surface area contributed by atoms with Crippen molar-refractivity contribution >= 4 is 17.8 Å². The zero-order valence-corrected chi connectivity index (χ0v) is 18.1. The molecule has 6 heteroatoms. The van der Waals surface area contributed by atoms with E-state index in [-0.39, 0.29) is 11.8 Å². The molecule has 6 nitrogen and oxygen atoms in total. The van der Waals surface area contributed by atoms with E-state index in [9.17, 15) is 19.5 Å². The first-order valence-electron chi connectivity index (χ1n) is 11.3. The lowest BCUT2D eigenvalue weighted by atomic mass is 10.1. The smallest absolute Gasteiger partial charge is 0.326 e. The molecule has 0 bridgehead atoms. The summed E-state index contributed by atoms with van der Waals surface area (Å²) in [6.07, 6.45) is 13.6. The molecule has 164 valence electrons. The molecule has 0 fully saturated rings. The Morgan fingerprint density at radius 3 is 1.79 bits per heavy atom. The third-order valence-electron chi connectivity index (χ3n) is 4.89. The molecule has 0 aliphatic heterocycles. The number of carboxylic acid groups (broad SMARTS) is 1. The summed E-state index contributed by atoms with van der Waals surface area (Å²) in [6.45, 7) is 4.87. The second-order valence-electron chi connectivity index (χ2n) is 7.63. The molecule has 28 heavy (non-hydrogen) atoms. The molecular formula is C22H42N2O4. The first-order chi connectivity index (χ1) is 13.5. The van der Waals surface area contributed by atoms with Crippen LogP contribution in [0.2, 0.25) is 0 Å². The summed E-state index contributed by atoms with van der Waals surface area (Å²) in [5, 5.41) is 14.8. The Morgan fingerprint density at radius 2 is 1.25 bits per heavy atom. The van der Waals surface area contributed by atoms with Crippen LogP contribution >= 0.6 is 0 Å². The highest BCUT2D eigenvalue weighted by Gasteiger charge is 2.19. The van der Waals surface area contributed by atoms with Gasteiger partial charge >= 0.3 is 5.97 Å². The highest BCUT2D eigenvalue weighted by Crippen LogP contribution is 2.07. The Labute approximate surface area is 171 Å². The molecule has 0 aromatic rings. The maximum absolute atomic E-state index is 11.9. The van der Waals surface area contributed by atoms with E-state index < -0.39 is 12.0 Å². The Balaban J connectivity index is 3.79. The topological polar surface area (TPSA) is 95.5 Å². The van der Waals surface area contributed by atoms with E-state index in [1.807, 2.05) is 0 Å². The molecule has 0 aliphatic carbocycles. The standard InChI is InChI=1S/C22H42N2O4/c1-3-5-7-9-11-16-20(25)23-18-14-13-15-19(22(27)28)24-21(26)17-12-10-8-6-4-2/h19H,3-18H2,1-2H3,(H,23,25)(H,24,26)(H,27,28)/t19-/m0/s1. The molecule has 3 N–H and O–H groups in total. The Morgan fingerprint density at radius 1 is 0.714 bits per heavy atom. The number of unbranched alkanes of at least 4 members (excludes halogenated alkanes) is 9. The molecule has 0 aromatic heterocycles. The highest BCUT2D eigenvalue weighted by molar-refractivity contribution is 5.83. The first-order valence-corrected chi connectivity index (χ1v) is 11.3. The maximum atomic E-state index is 11.9. The molecule has 0 aromatic carbocycles. The Hall–Kier alpha value is -1.59. The summed E-state index contributed by atoms with van der Waals surface area (Å²) in [5.41, 5.74) is 0. The quantitative estimate of drug-likeness (QED) is 0.278. The van der Waals surface area contributed by atoms with Gasteiger partial charge in [-0.15, -0.1) is 0 Å². The number of hydrogen-bond acceptors (Lipinski definition) is 3. The van der Waals surface area contributed by atoms with Crippen molar-refractivity contribution in [2.24, 2.45) is 0 Å². The fourth-order valence-corrected chi connectivity index (χ4v) is 3.09. The van der Waals surface area contributed by atoms with Gasteiger partial charge in [0.05, 0.1) is 0 Å². The van der Waals surface area contributed by atoms with E-state index >= 15 is 0 Å². The average molecular weight is 399 g/mol. The molecule has 2 amide bonds. The van der Waals surface area contributed by atoms with Crippen LogP contribution in [0.1, 0.15) is 110 Å². The van der Waals surface area contributed by atoms with Crippen molar-refractivity contribution in [2.45, 2.75) is 116 Å². The van der Waals surface area contributed by atoms with Gasteiger partial charge in [0, 0.05) is 19.4 Å². The van der Waals surface area contributed by atoms with Gasteiger partial charge in [-0.2, -0.15) is 0 Å². The second-order valence-corrected chi connectivity index (χ2v) is 7.63. The van der Waals surface area contributed by atoms with Gasteiger partial charge in [-0.25, -0.2) is 4.79 Å². The van der Waals surface area contributed by atoms with Gasteiger partial charge in [0.15, 0.2) is 0 Å². The number of carbonyl (C=O) groups excluding carboxylic acids is 2. The summed E-state index contributed by atoms with van der Waals surface area (Å²) in [4.78, 5) is 35.0. The maximum Gasteiger partial charge on any atom is 0.326 e. The third kappa shape index (κ3) is 16.6. The number of carboxylic acids is 1. The number of hydrogen-bond donors (Lipinski definition) is 3. The molecule has 0 saturated heterocycles. The van der Waals surface area contributed by atoms with E-state index in [2.05, 4.69) is 24.5 Å². The lowest BCUT2D eigenvalue weighted by Gasteiger charge is -2.14. The summed E-state index contributed by atoms with van der Waals surface area (Å²) >= 11 is 0. The van der Waals surface area contributed by atoms with Gasteiger partial charge in [0.25, 0.3) is 0 Å². The Bertz CT molecular complexity index is 427. The molecule has 0 heterocycles. The third-order valence-corrected chi connectivity index (χ3v) is 4.89. The predicted octanol–water partition coefficient (Wildman–Crippen LogP) is 4.56. The van der Waals surface area contributed by atoms with Crippen LogP contribution in [0.3, 0.4) is 0 Å². The average Bonchev–Trinajstić information content (AvgIpc) is 2.66. The molecule has 1 atom stereocenters. The molecule has 0 aliphatic rings. The van der Waals surface area contributed by atoms with Crippen LogP contribution in [0.25, 0.3) is 0 Å². The van der Waals surface area contributed by atoms with Crippen molar-refractivity contribution in [1.29, 1.82) is 0 Å². The predicted molar refractivity (Wildman–Crippen MR) is 113 cm³/mol. The van der Waals surface area contributed by atoms with Crippen molar-refractivity contribution in [3.63, 3.8) is 0 Å². The van der Waals surface area contributed by atoms with Crippen LogP contribution in [0.5, 0.6) is 0 Å². The van der Waals surface area contributed by atoms with E-state index in [4.69, 9.17) is 0 Å². The largest absolute Gasteiger partial charge is 0.480 e. The summed E-state index contributed by atoms with van der Waals surface area (Å²) < 4.78 is 0.